The van der Waals surface area contributed by atoms with Gasteiger partial charge < -0.3 is 14.9 Å². The van der Waals surface area contributed by atoms with Crippen molar-refractivity contribution in [1.82, 2.24) is 9.80 Å². The lowest BCUT2D eigenvalue weighted by Crippen LogP contribution is -2.39. The van der Waals surface area contributed by atoms with Crippen LogP contribution in [0.1, 0.15) is 45.4 Å². The van der Waals surface area contributed by atoms with Gasteiger partial charge in [0.15, 0.2) is 0 Å². The monoisotopic (exact) mass is 284 g/mol. The first kappa shape index (κ1) is 17.0. The third-order valence-corrected chi connectivity index (χ3v) is 4.27. The molecule has 1 amide bonds. The third-order valence-electron chi connectivity index (χ3n) is 4.27. The maximum atomic E-state index is 12.4. The minimum atomic E-state index is -0.800. The van der Waals surface area contributed by atoms with Crippen LogP contribution in [0.25, 0.3) is 0 Å². The Labute approximate surface area is 121 Å². The van der Waals surface area contributed by atoms with E-state index in [4.69, 9.17) is 0 Å². The van der Waals surface area contributed by atoms with Crippen LogP contribution in [0.3, 0.4) is 0 Å². The molecule has 0 aromatic carbocycles. The SMILES string of the molecule is CCN(CCCN(C)C)C(=O)CC1(C(=O)O)CCCC1. The average Bonchev–Trinajstić information content (AvgIpc) is 2.84. The van der Waals surface area contributed by atoms with Gasteiger partial charge in [-0.05, 0) is 46.8 Å². The highest BCUT2D eigenvalue weighted by molar-refractivity contribution is 5.85. The summed E-state index contributed by atoms with van der Waals surface area (Å²) >= 11 is 0. The molecule has 1 N–H and O–H groups in total. The van der Waals surface area contributed by atoms with Crippen molar-refractivity contribution in [3.8, 4) is 0 Å². The van der Waals surface area contributed by atoms with Crippen LogP contribution < -0.4 is 0 Å². The number of carboxylic acids is 1. The maximum absolute atomic E-state index is 12.4. The summed E-state index contributed by atoms with van der Waals surface area (Å²) in [6.45, 7) is 4.26. The van der Waals surface area contributed by atoms with Gasteiger partial charge in [-0.1, -0.05) is 12.8 Å². The summed E-state index contributed by atoms with van der Waals surface area (Å²) in [6.07, 6.45) is 4.22. The van der Waals surface area contributed by atoms with Crippen molar-refractivity contribution in [3.63, 3.8) is 0 Å². The number of carboxylic acid groups (broad SMARTS) is 1. The van der Waals surface area contributed by atoms with Gasteiger partial charge in [-0.3, -0.25) is 9.59 Å². The van der Waals surface area contributed by atoms with Crippen LogP contribution in [0, 0.1) is 5.41 Å². The molecule has 0 aromatic heterocycles. The first-order valence-electron chi connectivity index (χ1n) is 7.57. The standard InChI is InChI=1S/C15H28N2O3/c1-4-17(11-7-10-16(2)3)13(18)12-15(14(19)20)8-5-6-9-15/h4-12H2,1-3H3,(H,19,20). The van der Waals surface area contributed by atoms with Gasteiger partial charge in [0.1, 0.15) is 0 Å². The molecule has 0 radical (unpaired) electrons. The van der Waals surface area contributed by atoms with Gasteiger partial charge in [0.25, 0.3) is 0 Å². The van der Waals surface area contributed by atoms with Gasteiger partial charge in [0, 0.05) is 19.5 Å². The second-order valence-corrected chi connectivity index (χ2v) is 6.10. The maximum Gasteiger partial charge on any atom is 0.310 e. The Morgan fingerprint density at radius 3 is 2.20 bits per heavy atom. The first-order chi connectivity index (χ1) is 9.41. The molecule has 1 aliphatic carbocycles. The van der Waals surface area contributed by atoms with Gasteiger partial charge in [-0.2, -0.15) is 0 Å². The number of nitrogens with zero attached hydrogens (tertiary/aromatic N) is 2. The Hall–Kier alpha value is -1.10. The number of aliphatic carboxylic acids is 1. The van der Waals surface area contributed by atoms with E-state index in [1.165, 1.54) is 0 Å². The average molecular weight is 284 g/mol. The molecule has 1 saturated carbocycles. The number of carbonyl (C=O) groups is 2. The number of hydrogen-bond acceptors (Lipinski definition) is 3. The van der Waals surface area contributed by atoms with Crippen molar-refractivity contribution in [3.05, 3.63) is 0 Å². The van der Waals surface area contributed by atoms with Gasteiger partial charge in [0.2, 0.25) is 5.91 Å². The lowest BCUT2D eigenvalue weighted by molar-refractivity contribution is -0.153. The first-order valence-corrected chi connectivity index (χ1v) is 7.57. The Balaban J connectivity index is 2.55. The number of hydrogen-bond donors (Lipinski definition) is 1. The van der Waals surface area contributed by atoms with E-state index >= 15 is 0 Å². The molecule has 0 bridgehead atoms. The molecule has 0 aliphatic heterocycles. The summed E-state index contributed by atoms with van der Waals surface area (Å²) in [4.78, 5) is 27.7. The molecular formula is C15H28N2O3. The van der Waals surface area contributed by atoms with Crippen LogP contribution in [0.15, 0.2) is 0 Å². The summed E-state index contributed by atoms with van der Waals surface area (Å²) in [7, 11) is 4.02. The van der Waals surface area contributed by atoms with Crippen LogP contribution in [0.5, 0.6) is 0 Å². The predicted molar refractivity (Wildman–Crippen MR) is 78.6 cm³/mol. The van der Waals surface area contributed by atoms with Crippen molar-refractivity contribution in [2.45, 2.75) is 45.4 Å². The highest BCUT2D eigenvalue weighted by atomic mass is 16.4. The second kappa shape index (κ2) is 7.62. The van der Waals surface area contributed by atoms with E-state index in [-0.39, 0.29) is 12.3 Å². The number of carbonyl (C=O) groups excluding carboxylic acids is 1. The predicted octanol–water partition coefficient (Wildman–Crippen LogP) is 1.82. The highest BCUT2D eigenvalue weighted by Gasteiger charge is 2.43. The molecule has 0 heterocycles. The molecule has 5 nitrogen and oxygen atoms in total. The molecule has 116 valence electrons. The van der Waals surface area contributed by atoms with Crippen molar-refractivity contribution < 1.29 is 14.7 Å². The second-order valence-electron chi connectivity index (χ2n) is 6.10. The quantitative estimate of drug-likeness (QED) is 0.738. The lowest BCUT2D eigenvalue weighted by Gasteiger charge is -2.28. The Kier molecular flexibility index (Phi) is 6.46. The normalized spacial score (nSPS) is 17.4. The van der Waals surface area contributed by atoms with E-state index in [1.807, 2.05) is 21.0 Å². The molecule has 1 aliphatic rings. The molecule has 0 saturated heterocycles. The van der Waals surface area contributed by atoms with Crippen molar-refractivity contribution in [2.24, 2.45) is 5.41 Å². The fourth-order valence-electron chi connectivity index (χ4n) is 2.96. The molecule has 20 heavy (non-hydrogen) atoms. The molecular weight excluding hydrogens is 256 g/mol. The Bertz CT molecular complexity index is 336. The van der Waals surface area contributed by atoms with E-state index in [0.717, 1.165) is 25.8 Å². The molecule has 0 unspecified atom stereocenters. The summed E-state index contributed by atoms with van der Waals surface area (Å²) in [5, 5.41) is 9.44. The van der Waals surface area contributed by atoms with Crippen molar-refractivity contribution in [1.29, 1.82) is 0 Å². The van der Waals surface area contributed by atoms with Gasteiger partial charge in [-0.25, -0.2) is 0 Å². The smallest absolute Gasteiger partial charge is 0.310 e. The molecule has 1 fully saturated rings. The fourth-order valence-corrected chi connectivity index (χ4v) is 2.96. The zero-order chi connectivity index (χ0) is 15.2. The van der Waals surface area contributed by atoms with Crippen LogP contribution in [0.4, 0.5) is 0 Å². The zero-order valence-electron chi connectivity index (χ0n) is 13.0. The van der Waals surface area contributed by atoms with Crippen molar-refractivity contribution >= 4 is 11.9 Å². The lowest BCUT2D eigenvalue weighted by atomic mass is 9.82. The van der Waals surface area contributed by atoms with E-state index in [1.54, 1.807) is 4.90 Å². The molecule has 0 atom stereocenters. The topological polar surface area (TPSA) is 60.9 Å². The zero-order valence-corrected chi connectivity index (χ0v) is 13.0. The minimum Gasteiger partial charge on any atom is -0.481 e. The summed E-state index contributed by atoms with van der Waals surface area (Å²) < 4.78 is 0. The highest BCUT2D eigenvalue weighted by Crippen LogP contribution is 2.41. The van der Waals surface area contributed by atoms with E-state index in [9.17, 15) is 14.7 Å². The van der Waals surface area contributed by atoms with E-state index < -0.39 is 11.4 Å². The minimum absolute atomic E-state index is 0.00411. The van der Waals surface area contributed by atoms with Gasteiger partial charge in [0.05, 0.1) is 5.41 Å². The summed E-state index contributed by atoms with van der Waals surface area (Å²) in [6, 6.07) is 0. The van der Waals surface area contributed by atoms with E-state index in [2.05, 4.69) is 4.90 Å². The van der Waals surface area contributed by atoms with Crippen LogP contribution in [-0.4, -0.2) is 60.5 Å². The largest absolute Gasteiger partial charge is 0.481 e. The number of rotatable bonds is 8. The van der Waals surface area contributed by atoms with Crippen molar-refractivity contribution in [2.75, 3.05) is 33.7 Å². The molecule has 0 aromatic rings. The number of amides is 1. The third kappa shape index (κ3) is 4.47. The molecule has 5 heteroatoms. The van der Waals surface area contributed by atoms with Gasteiger partial charge in [-0.15, -0.1) is 0 Å². The van der Waals surface area contributed by atoms with Crippen LogP contribution >= 0.6 is 0 Å². The summed E-state index contributed by atoms with van der Waals surface area (Å²) in [5.74, 6) is -0.803. The Morgan fingerprint density at radius 1 is 1.15 bits per heavy atom. The fraction of sp³-hybridized carbons (Fsp3) is 0.867. The Morgan fingerprint density at radius 2 is 1.75 bits per heavy atom. The van der Waals surface area contributed by atoms with E-state index in [0.29, 0.717) is 25.9 Å². The van der Waals surface area contributed by atoms with Gasteiger partial charge >= 0.3 is 5.97 Å². The van der Waals surface area contributed by atoms with Crippen LogP contribution in [-0.2, 0) is 9.59 Å². The summed E-state index contributed by atoms with van der Waals surface area (Å²) in [5.41, 5.74) is -0.800. The molecule has 0 spiro atoms. The van der Waals surface area contributed by atoms with Crippen LogP contribution in [0.2, 0.25) is 0 Å². The molecule has 1 rings (SSSR count).